The fourth-order valence-electron chi connectivity index (χ4n) is 3.20. The molecule has 0 radical (unpaired) electrons. The van der Waals surface area contributed by atoms with E-state index in [4.69, 9.17) is 21.2 Å². The van der Waals surface area contributed by atoms with Gasteiger partial charge >= 0.3 is 0 Å². The SMILES string of the molecule is COCc1c(C(=O)N(OC)C(=O)C2CC2)cnn1-c1ccnc2cc(Cl)ccc12. The Hall–Kier alpha value is -2.81. The van der Waals surface area contributed by atoms with Crippen molar-refractivity contribution in [1.82, 2.24) is 19.8 Å². The van der Waals surface area contributed by atoms with Crippen LogP contribution >= 0.6 is 11.6 Å². The van der Waals surface area contributed by atoms with E-state index < -0.39 is 5.91 Å². The monoisotopic (exact) mass is 414 g/mol. The molecule has 0 unspecified atom stereocenters. The third-order valence-corrected chi connectivity index (χ3v) is 5.02. The third kappa shape index (κ3) is 3.62. The summed E-state index contributed by atoms with van der Waals surface area (Å²) in [5.41, 5.74) is 2.16. The summed E-state index contributed by atoms with van der Waals surface area (Å²) in [4.78, 5) is 34.9. The predicted molar refractivity (Wildman–Crippen MR) is 105 cm³/mol. The van der Waals surface area contributed by atoms with E-state index in [1.54, 1.807) is 29.1 Å². The van der Waals surface area contributed by atoms with Crippen LogP contribution in [0.4, 0.5) is 0 Å². The van der Waals surface area contributed by atoms with Crippen molar-refractivity contribution >= 4 is 34.3 Å². The van der Waals surface area contributed by atoms with Crippen LogP contribution < -0.4 is 0 Å². The molecule has 0 spiro atoms. The van der Waals surface area contributed by atoms with Crippen molar-refractivity contribution in [3.05, 3.63) is 52.9 Å². The fourth-order valence-corrected chi connectivity index (χ4v) is 3.37. The highest BCUT2D eigenvalue weighted by Crippen LogP contribution is 2.32. The van der Waals surface area contributed by atoms with Gasteiger partial charge in [-0.3, -0.25) is 19.4 Å². The van der Waals surface area contributed by atoms with Gasteiger partial charge in [-0.1, -0.05) is 11.6 Å². The van der Waals surface area contributed by atoms with E-state index in [1.165, 1.54) is 20.4 Å². The number of hydrogen-bond acceptors (Lipinski definition) is 6. The summed E-state index contributed by atoms with van der Waals surface area (Å²) in [6, 6.07) is 7.16. The zero-order valence-electron chi connectivity index (χ0n) is 16.0. The number of pyridine rings is 1. The second kappa shape index (κ2) is 7.90. The molecular formula is C20H19ClN4O4. The first-order chi connectivity index (χ1) is 14.0. The number of rotatable bonds is 6. The molecule has 0 bridgehead atoms. The number of amides is 2. The summed E-state index contributed by atoms with van der Waals surface area (Å²) in [6.45, 7) is 0.119. The van der Waals surface area contributed by atoms with Crippen LogP contribution in [0, 0.1) is 5.92 Å². The molecule has 0 aliphatic heterocycles. The van der Waals surface area contributed by atoms with Crippen LogP contribution in [0.2, 0.25) is 5.02 Å². The molecule has 3 aromatic rings. The number of nitrogens with zero attached hydrogens (tertiary/aromatic N) is 4. The number of carbonyl (C=O) groups excluding carboxylic acids is 2. The fraction of sp³-hybridized carbons (Fsp3) is 0.300. The summed E-state index contributed by atoms with van der Waals surface area (Å²) in [7, 11) is 2.83. The van der Waals surface area contributed by atoms with E-state index in [9.17, 15) is 9.59 Å². The smallest absolute Gasteiger partial charge is 0.288 e. The maximum Gasteiger partial charge on any atom is 0.288 e. The Bertz CT molecular complexity index is 1090. The molecule has 29 heavy (non-hydrogen) atoms. The lowest BCUT2D eigenvalue weighted by atomic mass is 10.1. The molecule has 1 aliphatic carbocycles. The maximum atomic E-state index is 13.0. The molecular weight excluding hydrogens is 396 g/mol. The Morgan fingerprint density at radius 1 is 1.28 bits per heavy atom. The van der Waals surface area contributed by atoms with Gasteiger partial charge in [0, 0.05) is 29.6 Å². The second-order valence-electron chi connectivity index (χ2n) is 6.74. The van der Waals surface area contributed by atoms with Crippen LogP contribution in [-0.2, 0) is 21.0 Å². The largest absolute Gasteiger partial charge is 0.378 e. The zero-order valence-corrected chi connectivity index (χ0v) is 16.7. The summed E-state index contributed by atoms with van der Waals surface area (Å²) in [5, 5.41) is 6.59. The molecule has 8 nitrogen and oxygen atoms in total. The highest BCUT2D eigenvalue weighted by atomic mass is 35.5. The summed E-state index contributed by atoms with van der Waals surface area (Å²) in [6.07, 6.45) is 4.60. The number of hydrogen-bond donors (Lipinski definition) is 0. The predicted octanol–water partition coefficient (Wildman–Crippen LogP) is 3.16. The maximum absolute atomic E-state index is 13.0. The van der Waals surface area contributed by atoms with Gasteiger partial charge in [-0.2, -0.15) is 5.10 Å². The molecule has 1 saturated carbocycles. The van der Waals surface area contributed by atoms with E-state index in [1.807, 2.05) is 6.07 Å². The normalized spacial score (nSPS) is 13.6. The van der Waals surface area contributed by atoms with Crippen LogP contribution in [0.1, 0.15) is 28.9 Å². The number of carbonyl (C=O) groups is 2. The van der Waals surface area contributed by atoms with Crippen LogP contribution in [0.5, 0.6) is 0 Å². The molecule has 0 saturated heterocycles. The van der Waals surface area contributed by atoms with Crippen molar-refractivity contribution in [2.45, 2.75) is 19.4 Å². The number of fused-ring (bicyclic) bond motifs is 1. The van der Waals surface area contributed by atoms with Crippen LogP contribution in [-0.4, -0.2) is 45.9 Å². The van der Waals surface area contributed by atoms with E-state index in [2.05, 4.69) is 10.1 Å². The number of aromatic nitrogens is 3. The molecule has 9 heteroatoms. The highest BCUT2D eigenvalue weighted by Gasteiger charge is 2.38. The second-order valence-corrected chi connectivity index (χ2v) is 7.17. The number of imide groups is 1. The number of methoxy groups -OCH3 is 1. The van der Waals surface area contributed by atoms with E-state index in [-0.39, 0.29) is 24.0 Å². The minimum atomic E-state index is -0.566. The van der Waals surface area contributed by atoms with Gasteiger partial charge in [-0.25, -0.2) is 4.68 Å². The van der Waals surface area contributed by atoms with Gasteiger partial charge in [-0.15, -0.1) is 5.06 Å². The molecule has 4 rings (SSSR count). The van der Waals surface area contributed by atoms with Gasteiger partial charge in [0.2, 0.25) is 0 Å². The molecule has 2 aromatic heterocycles. The van der Waals surface area contributed by atoms with E-state index >= 15 is 0 Å². The van der Waals surface area contributed by atoms with Gasteiger partial charge < -0.3 is 4.74 Å². The Morgan fingerprint density at radius 3 is 2.76 bits per heavy atom. The molecule has 1 aliphatic rings. The third-order valence-electron chi connectivity index (χ3n) is 4.78. The van der Waals surface area contributed by atoms with Crippen molar-refractivity contribution < 1.29 is 19.2 Å². The average molecular weight is 415 g/mol. The summed E-state index contributed by atoms with van der Waals surface area (Å²) < 4.78 is 6.93. The van der Waals surface area contributed by atoms with Crippen LogP contribution in [0.3, 0.4) is 0 Å². The van der Waals surface area contributed by atoms with Gasteiger partial charge in [0.15, 0.2) is 0 Å². The quantitative estimate of drug-likeness (QED) is 0.455. The minimum absolute atomic E-state index is 0.119. The number of halogens is 1. The summed E-state index contributed by atoms with van der Waals surface area (Å²) >= 11 is 6.08. The van der Waals surface area contributed by atoms with Crippen molar-refractivity contribution in [2.75, 3.05) is 14.2 Å². The van der Waals surface area contributed by atoms with Crippen molar-refractivity contribution in [3.63, 3.8) is 0 Å². The lowest BCUT2D eigenvalue weighted by Gasteiger charge is -2.18. The van der Waals surface area contributed by atoms with Gasteiger partial charge in [0.1, 0.15) is 0 Å². The first-order valence-corrected chi connectivity index (χ1v) is 9.45. The molecule has 0 N–H and O–H groups in total. The molecule has 0 atom stereocenters. The number of hydroxylamine groups is 2. The van der Waals surface area contributed by atoms with Gasteiger partial charge in [-0.05, 0) is 37.1 Å². The van der Waals surface area contributed by atoms with E-state index in [0.717, 1.165) is 29.0 Å². The molecule has 2 heterocycles. The van der Waals surface area contributed by atoms with Crippen molar-refractivity contribution in [1.29, 1.82) is 0 Å². The Balaban J connectivity index is 1.80. The molecule has 150 valence electrons. The van der Waals surface area contributed by atoms with Crippen molar-refractivity contribution in [3.8, 4) is 5.69 Å². The summed E-state index contributed by atoms with van der Waals surface area (Å²) in [5.74, 6) is -1.06. The number of benzene rings is 1. The first-order valence-electron chi connectivity index (χ1n) is 9.08. The van der Waals surface area contributed by atoms with E-state index in [0.29, 0.717) is 16.2 Å². The van der Waals surface area contributed by atoms with Gasteiger partial charge in [0.25, 0.3) is 11.8 Å². The minimum Gasteiger partial charge on any atom is -0.378 e. The molecule has 1 aromatic carbocycles. The first kappa shape index (κ1) is 19.5. The lowest BCUT2D eigenvalue weighted by molar-refractivity contribution is -0.163. The van der Waals surface area contributed by atoms with Crippen LogP contribution in [0.25, 0.3) is 16.6 Å². The Morgan fingerprint density at radius 2 is 2.07 bits per heavy atom. The van der Waals surface area contributed by atoms with Gasteiger partial charge in [0.05, 0.1) is 42.4 Å². The van der Waals surface area contributed by atoms with Crippen LogP contribution in [0.15, 0.2) is 36.7 Å². The molecule has 1 fully saturated rings. The topological polar surface area (TPSA) is 86.5 Å². The zero-order chi connectivity index (χ0) is 20.5. The Kier molecular flexibility index (Phi) is 5.31. The molecule has 2 amide bonds. The number of ether oxygens (including phenoxy) is 1. The standard InChI is InChI=1S/C20H19ClN4O4/c1-28-11-18-15(20(27)25(29-2)19(26)12-3-4-12)10-23-24(18)17-7-8-22-16-9-13(21)5-6-14(16)17/h5-10,12H,3-4,11H2,1-2H3. The lowest BCUT2D eigenvalue weighted by Crippen LogP contribution is -2.37. The Labute approximate surface area is 171 Å². The average Bonchev–Trinajstić information content (AvgIpc) is 3.49. The van der Waals surface area contributed by atoms with Crippen molar-refractivity contribution in [2.24, 2.45) is 5.92 Å². The highest BCUT2D eigenvalue weighted by molar-refractivity contribution is 6.31.